The van der Waals surface area contributed by atoms with E-state index in [0.717, 1.165) is 16.2 Å². The number of aromatic nitrogens is 2. The molecular weight excluding hydrogens is 308 g/mol. The number of aryl methyl sites for hydroxylation is 1. The molecule has 88 valence electrons. The molecule has 6 heteroatoms. The van der Waals surface area contributed by atoms with Gasteiger partial charge in [-0.15, -0.1) is 0 Å². The lowest BCUT2D eigenvalue weighted by Gasteiger charge is -2.09. The highest BCUT2D eigenvalue weighted by Crippen LogP contribution is 2.27. The van der Waals surface area contributed by atoms with Crippen LogP contribution in [0.1, 0.15) is 5.56 Å². The Balaban J connectivity index is 2.34. The summed E-state index contributed by atoms with van der Waals surface area (Å²) in [6.07, 6.45) is 1.03. The van der Waals surface area contributed by atoms with Gasteiger partial charge in [-0.3, -0.25) is 0 Å². The lowest BCUT2D eigenvalue weighted by molar-refractivity contribution is 0.619. The van der Waals surface area contributed by atoms with Crippen LogP contribution in [0.3, 0.4) is 0 Å². The molecule has 0 aliphatic heterocycles. The molecule has 0 fully saturated rings. The number of rotatable bonds is 2. The lowest BCUT2D eigenvalue weighted by atomic mass is 10.2. The average Bonchev–Trinajstić information content (AvgIpc) is 2.27. The zero-order valence-corrected chi connectivity index (χ0v) is 11.2. The van der Waals surface area contributed by atoms with Crippen molar-refractivity contribution in [3.8, 4) is 0 Å². The Morgan fingerprint density at radius 1 is 1.41 bits per heavy atom. The molecule has 1 N–H and O–H groups in total. The van der Waals surface area contributed by atoms with Crippen molar-refractivity contribution < 1.29 is 4.39 Å². The lowest BCUT2D eigenvalue weighted by Crippen LogP contribution is -1.99. The van der Waals surface area contributed by atoms with Crippen LogP contribution in [-0.2, 0) is 0 Å². The van der Waals surface area contributed by atoms with E-state index in [0.29, 0.717) is 5.69 Å². The second kappa shape index (κ2) is 4.98. The highest BCUT2D eigenvalue weighted by molar-refractivity contribution is 9.10. The van der Waals surface area contributed by atoms with E-state index in [1.165, 1.54) is 0 Å². The molecule has 0 saturated heterocycles. The van der Waals surface area contributed by atoms with Crippen molar-refractivity contribution in [1.82, 2.24) is 9.97 Å². The minimum Gasteiger partial charge on any atom is -0.337 e. The van der Waals surface area contributed by atoms with Gasteiger partial charge in [-0.05, 0) is 52.2 Å². The molecule has 0 aliphatic rings. The smallest absolute Gasteiger partial charge is 0.224 e. The number of halogens is 3. The van der Waals surface area contributed by atoms with E-state index in [4.69, 9.17) is 11.6 Å². The molecule has 2 aromatic rings. The van der Waals surface area contributed by atoms with E-state index in [1.807, 2.05) is 25.1 Å². The molecule has 0 atom stereocenters. The van der Waals surface area contributed by atoms with Crippen molar-refractivity contribution in [3.63, 3.8) is 0 Å². The molecule has 1 aromatic carbocycles. The van der Waals surface area contributed by atoms with E-state index >= 15 is 0 Å². The van der Waals surface area contributed by atoms with Crippen LogP contribution < -0.4 is 5.32 Å². The Labute approximate surface area is 111 Å². The topological polar surface area (TPSA) is 37.8 Å². The van der Waals surface area contributed by atoms with Gasteiger partial charge in [0.05, 0.1) is 11.9 Å². The monoisotopic (exact) mass is 315 g/mol. The predicted molar refractivity (Wildman–Crippen MR) is 69.2 cm³/mol. The molecular formula is C11H8BrClFN3. The molecule has 3 nitrogen and oxygen atoms in total. The van der Waals surface area contributed by atoms with Gasteiger partial charge >= 0.3 is 0 Å². The third-order valence-electron chi connectivity index (χ3n) is 2.09. The summed E-state index contributed by atoms with van der Waals surface area (Å²) in [6.45, 7) is 1.97. The first kappa shape index (κ1) is 12.3. The van der Waals surface area contributed by atoms with E-state index in [1.54, 1.807) is 0 Å². The number of benzene rings is 1. The molecule has 0 radical (unpaired) electrons. The zero-order valence-electron chi connectivity index (χ0n) is 8.84. The minimum atomic E-state index is -0.554. The van der Waals surface area contributed by atoms with Crippen molar-refractivity contribution >= 4 is 39.0 Å². The van der Waals surface area contributed by atoms with Gasteiger partial charge in [0.2, 0.25) is 5.28 Å². The maximum Gasteiger partial charge on any atom is 0.224 e. The highest BCUT2D eigenvalue weighted by Gasteiger charge is 2.08. The Morgan fingerprint density at radius 3 is 2.88 bits per heavy atom. The first-order chi connectivity index (χ1) is 8.06. The zero-order chi connectivity index (χ0) is 12.4. The molecule has 0 spiro atoms. The van der Waals surface area contributed by atoms with Gasteiger partial charge in [0.25, 0.3) is 0 Å². The summed E-state index contributed by atoms with van der Waals surface area (Å²) in [6, 6.07) is 5.66. The fourth-order valence-corrected chi connectivity index (χ4v) is 2.01. The quantitative estimate of drug-likeness (QED) is 0.848. The van der Waals surface area contributed by atoms with Crippen molar-refractivity contribution in [3.05, 3.63) is 45.5 Å². The fourth-order valence-electron chi connectivity index (χ4n) is 1.28. The summed E-state index contributed by atoms with van der Waals surface area (Å²) < 4.78 is 14.2. The molecule has 0 aliphatic carbocycles. The largest absolute Gasteiger partial charge is 0.337 e. The Kier molecular flexibility index (Phi) is 3.59. The highest BCUT2D eigenvalue weighted by atomic mass is 79.9. The van der Waals surface area contributed by atoms with Crippen LogP contribution in [0.2, 0.25) is 5.28 Å². The van der Waals surface area contributed by atoms with Crippen LogP contribution in [0.4, 0.5) is 15.9 Å². The summed E-state index contributed by atoms with van der Waals surface area (Å²) in [5.41, 5.74) is 1.81. The van der Waals surface area contributed by atoms with Crippen LogP contribution in [0, 0.1) is 12.7 Å². The number of nitrogens with zero attached hydrogens (tertiary/aromatic N) is 2. The molecule has 17 heavy (non-hydrogen) atoms. The first-order valence-corrected chi connectivity index (χ1v) is 5.94. The minimum absolute atomic E-state index is 0.00265. The van der Waals surface area contributed by atoms with E-state index < -0.39 is 5.82 Å². The van der Waals surface area contributed by atoms with Gasteiger partial charge in [0.1, 0.15) is 0 Å². The summed E-state index contributed by atoms with van der Waals surface area (Å²) in [7, 11) is 0. The van der Waals surface area contributed by atoms with E-state index in [2.05, 4.69) is 31.2 Å². The van der Waals surface area contributed by atoms with Crippen molar-refractivity contribution in [2.75, 3.05) is 5.32 Å². The maximum atomic E-state index is 13.4. The predicted octanol–water partition coefficient (Wildman–Crippen LogP) is 4.08. The number of anilines is 2. The molecule has 0 amide bonds. The first-order valence-electron chi connectivity index (χ1n) is 4.77. The molecule has 0 bridgehead atoms. The van der Waals surface area contributed by atoms with Gasteiger partial charge in [0, 0.05) is 4.47 Å². The van der Waals surface area contributed by atoms with Crippen LogP contribution in [0.25, 0.3) is 0 Å². The maximum absolute atomic E-state index is 13.4. The van der Waals surface area contributed by atoms with Crippen LogP contribution in [0.15, 0.2) is 28.9 Å². The molecule has 0 unspecified atom stereocenters. The number of hydrogen-bond acceptors (Lipinski definition) is 3. The second-order valence-electron chi connectivity index (χ2n) is 3.44. The Bertz CT molecular complexity index is 562. The average molecular weight is 317 g/mol. The van der Waals surface area contributed by atoms with Crippen LogP contribution in [0.5, 0.6) is 0 Å². The summed E-state index contributed by atoms with van der Waals surface area (Å²) in [4.78, 5) is 7.32. The Hall–Kier alpha value is -1.20. The summed E-state index contributed by atoms with van der Waals surface area (Å²) >= 11 is 8.99. The van der Waals surface area contributed by atoms with E-state index in [9.17, 15) is 4.39 Å². The van der Waals surface area contributed by atoms with Gasteiger partial charge < -0.3 is 5.32 Å². The number of nitrogens with one attached hydrogen (secondary N) is 1. The van der Waals surface area contributed by atoms with Gasteiger partial charge in [-0.1, -0.05) is 6.07 Å². The normalized spacial score (nSPS) is 10.4. The third kappa shape index (κ3) is 2.92. The molecule has 2 rings (SSSR count). The standard InChI is InChI=1S/C11H8BrClFN3/c1-6-2-3-9(7(12)4-6)16-10-8(14)5-15-11(13)17-10/h2-5H,1H3,(H,15,16,17). The third-order valence-corrected chi connectivity index (χ3v) is 2.93. The second-order valence-corrected chi connectivity index (χ2v) is 4.64. The van der Waals surface area contributed by atoms with Crippen molar-refractivity contribution in [2.45, 2.75) is 6.92 Å². The Morgan fingerprint density at radius 2 is 2.18 bits per heavy atom. The van der Waals surface area contributed by atoms with Crippen molar-refractivity contribution in [2.24, 2.45) is 0 Å². The molecule has 1 heterocycles. The summed E-state index contributed by atoms with van der Waals surface area (Å²) in [5, 5.41) is 2.85. The van der Waals surface area contributed by atoms with Gasteiger partial charge in [-0.2, -0.15) is 4.98 Å². The van der Waals surface area contributed by atoms with Gasteiger partial charge in [-0.25, -0.2) is 9.37 Å². The number of hydrogen-bond donors (Lipinski definition) is 1. The van der Waals surface area contributed by atoms with Gasteiger partial charge in [0.15, 0.2) is 11.6 Å². The van der Waals surface area contributed by atoms with E-state index in [-0.39, 0.29) is 11.1 Å². The van der Waals surface area contributed by atoms with Crippen LogP contribution in [-0.4, -0.2) is 9.97 Å². The van der Waals surface area contributed by atoms with Crippen LogP contribution >= 0.6 is 27.5 Å². The van der Waals surface area contributed by atoms with Crippen molar-refractivity contribution in [1.29, 1.82) is 0 Å². The SMILES string of the molecule is Cc1ccc(Nc2nc(Cl)ncc2F)c(Br)c1. The molecule has 1 aromatic heterocycles. The molecule has 0 saturated carbocycles. The summed E-state index contributed by atoms with van der Waals surface area (Å²) in [5.74, 6) is -0.503. The fraction of sp³-hybridized carbons (Fsp3) is 0.0909.